The molecule has 1 aromatic heterocycles. The first-order valence-electron chi connectivity index (χ1n) is 6.40. The molecule has 0 atom stereocenters. The van der Waals surface area contributed by atoms with Gasteiger partial charge in [-0.1, -0.05) is 17.7 Å². The Labute approximate surface area is 115 Å². The number of nitrogens with one attached hydrogen (secondary N) is 3. The maximum Gasteiger partial charge on any atom is 0.229 e. The van der Waals surface area contributed by atoms with E-state index < -0.39 is 0 Å². The molecule has 5 nitrogen and oxygen atoms in total. The van der Waals surface area contributed by atoms with Gasteiger partial charge in [0.05, 0.1) is 10.5 Å². The fourth-order valence-electron chi connectivity index (χ4n) is 2.36. The molecule has 2 aromatic rings. The maximum absolute atomic E-state index is 12.1. The number of rotatable bonds is 2. The minimum Gasteiger partial charge on any atom is -0.324 e. The number of amides is 1. The number of carbonyl (C=O) groups excluding carboxylic acids is 1. The van der Waals surface area contributed by atoms with E-state index in [0.29, 0.717) is 16.5 Å². The van der Waals surface area contributed by atoms with Crippen LogP contribution in [0.3, 0.4) is 0 Å². The molecule has 100 valence electrons. The monoisotopic (exact) mass is 278 g/mol. The topological polar surface area (TPSA) is 69.8 Å². The summed E-state index contributed by atoms with van der Waals surface area (Å²) in [5.74, 6) is 0.549. The molecular formula is C13H15ClN4O. The van der Waals surface area contributed by atoms with E-state index in [2.05, 4.69) is 20.6 Å². The van der Waals surface area contributed by atoms with Gasteiger partial charge in [0, 0.05) is 5.92 Å². The number of fused-ring (bicyclic) bond motifs is 1. The van der Waals surface area contributed by atoms with E-state index in [1.807, 2.05) is 12.1 Å². The van der Waals surface area contributed by atoms with Gasteiger partial charge in [0.2, 0.25) is 11.9 Å². The molecule has 19 heavy (non-hydrogen) atoms. The van der Waals surface area contributed by atoms with Gasteiger partial charge < -0.3 is 10.3 Å². The molecule has 6 heteroatoms. The lowest BCUT2D eigenvalue weighted by Gasteiger charge is -2.20. The van der Waals surface area contributed by atoms with Crippen LogP contribution in [0.15, 0.2) is 18.2 Å². The van der Waals surface area contributed by atoms with Gasteiger partial charge >= 0.3 is 0 Å². The Kier molecular flexibility index (Phi) is 3.40. The summed E-state index contributed by atoms with van der Waals surface area (Å²) in [5.41, 5.74) is 1.51. The molecule has 1 aromatic carbocycles. The number of aromatic amines is 1. The third kappa shape index (κ3) is 2.57. The van der Waals surface area contributed by atoms with Crippen LogP contribution in [0.5, 0.6) is 0 Å². The third-order valence-electron chi connectivity index (χ3n) is 3.42. The zero-order valence-electron chi connectivity index (χ0n) is 10.4. The van der Waals surface area contributed by atoms with E-state index in [1.165, 1.54) is 0 Å². The van der Waals surface area contributed by atoms with Gasteiger partial charge in [0.25, 0.3) is 0 Å². The summed E-state index contributed by atoms with van der Waals surface area (Å²) in [5, 5.41) is 6.66. The first kappa shape index (κ1) is 12.4. The smallest absolute Gasteiger partial charge is 0.229 e. The Hall–Kier alpha value is -1.59. The molecule has 0 radical (unpaired) electrons. The van der Waals surface area contributed by atoms with Crippen LogP contribution < -0.4 is 10.6 Å². The maximum atomic E-state index is 12.1. The molecule has 2 heterocycles. The summed E-state index contributed by atoms with van der Waals surface area (Å²) >= 11 is 6.05. The summed E-state index contributed by atoms with van der Waals surface area (Å²) in [6.07, 6.45) is 1.74. The van der Waals surface area contributed by atoms with Crippen LogP contribution in [0.4, 0.5) is 5.95 Å². The molecule has 1 amide bonds. The van der Waals surface area contributed by atoms with E-state index in [-0.39, 0.29) is 11.8 Å². The van der Waals surface area contributed by atoms with Crippen LogP contribution in [0, 0.1) is 5.92 Å². The SMILES string of the molecule is O=C(Nc1nc2c(Cl)cccc2[nH]1)C1CCNCC1. The van der Waals surface area contributed by atoms with E-state index >= 15 is 0 Å². The van der Waals surface area contributed by atoms with Crippen molar-refractivity contribution in [3.63, 3.8) is 0 Å². The summed E-state index contributed by atoms with van der Waals surface area (Å²) in [4.78, 5) is 19.5. The van der Waals surface area contributed by atoms with Crippen LogP contribution >= 0.6 is 11.6 Å². The highest BCUT2D eigenvalue weighted by Gasteiger charge is 2.21. The van der Waals surface area contributed by atoms with Crippen molar-refractivity contribution in [1.29, 1.82) is 0 Å². The number of hydrogen-bond donors (Lipinski definition) is 3. The predicted octanol–water partition coefficient (Wildman–Crippen LogP) is 2.15. The van der Waals surface area contributed by atoms with Gasteiger partial charge in [0.1, 0.15) is 5.52 Å². The van der Waals surface area contributed by atoms with Crippen molar-refractivity contribution < 1.29 is 4.79 Å². The molecule has 0 unspecified atom stereocenters. The molecule has 3 N–H and O–H groups in total. The Morgan fingerprint density at radius 3 is 2.89 bits per heavy atom. The van der Waals surface area contributed by atoms with Crippen molar-refractivity contribution in [2.45, 2.75) is 12.8 Å². The van der Waals surface area contributed by atoms with Crippen molar-refractivity contribution >= 4 is 34.5 Å². The number of piperidine rings is 1. The number of nitrogens with zero attached hydrogens (tertiary/aromatic N) is 1. The van der Waals surface area contributed by atoms with Crippen LogP contribution in [-0.2, 0) is 4.79 Å². The highest BCUT2D eigenvalue weighted by molar-refractivity contribution is 6.35. The van der Waals surface area contributed by atoms with Gasteiger partial charge in [-0.25, -0.2) is 4.98 Å². The molecule has 1 aliphatic rings. The third-order valence-corrected chi connectivity index (χ3v) is 3.72. The molecule has 1 fully saturated rings. The van der Waals surface area contributed by atoms with E-state index in [0.717, 1.165) is 31.4 Å². The zero-order valence-corrected chi connectivity index (χ0v) is 11.1. The first-order valence-corrected chi connectivity index (χ1v) is 6.77. The van der Waals surface area contributed by atoms with Crippen LogP contribution in [0.2, 0.25) is 5.02 Å². The van der Waals surface area contributed by atoms with Crippen molar-refractivity contribution in [2.24, 2.45) is 5.92 Å². The number of H-pyrrole nitrogens is 1. The second-order valence-electron chi connectivity index (χ2n) is 4.73. The fourth-order valence-corrected chi connectivity index (χ4v) is 2.58. The zero-order chi connectivity index (χ0) is 13.2. The van der Waals surface area contributed by atoms with Crippen molar-refractivity contribution in [3.05, 3.63) is 23.2 Å². The summed E-state index contributed by atoms with van der Waals surface area (Å²) in [6.45, 7) is 1.79. The number of anilines is 1. The van der Waals surface area contributed by atoms with Gasteiger partial charge in [0.15, 0.2) is 0 Å². The lowest BCUT2D eigenvalue weighted by Crippen LogP contribution is -2.34. The first-order chi connectivity index (χ1) is 9.24. The van der Waals surface area contributed by atoms with E-state index in [9.17, 15) is 4.79 Å². The molecule has 0 saturated carbocycles. The number of aromatic nitrogens is 2. The number of carbonyl (C=O) groups is 1. The second-order valence-corrected chi connectivity index (χ2v) is 5.14. The summed E-state index contributed by atoms with van der Waals surface area (Å²) in [7, 11) is 0. The predicted molar refractivity (Wildman–Crippen MR) is 75.3 cm³/mol. The summed E-state index contributed by atoms with van der Waals surface area (Å²) in [6, 6.07) is 5.51. The number of hydrogen-bond acceptors (Lipinski definition) is 3. The average Bonchev–Trinajstić information content (AvgIpc) is 2.84. The molecule has 0 aliphatic carbocycles. The van der Waals surface area contributed by atoms with Gasteiger partial charge in [-0.2, -0.15) is 0 Å². The number of benzene rings is 1. The van der Waals surface area contributed by atoms with Crippen LogP contribution in [-0.4, -0.2) is 29.0 Å². The Morgan fingerprint density at radius 1 is 1.37 bits per heavy atom. The van der Waals surface area contributed by atoms with Crippen LogP contribution in [0.25, 0.3) is 11.0 Å². The molecular weight excluding hydrogens is 264 g/mol. The lowest BCUT2D eigenvalue weighted by molar-refractivity contribution is -0.120. The summed E-state index contributed by atoms with van der Waals surface area (Å²) < 4.78 is 0. The van der Waals surface area contributed by atoms with E-state index in [1.54, 1.807) is 6.07 Å². The Balaban J connectivity index is 1.77. The second kappa shape index (κ2) is 5.19. The molecule has 3 rings (SSSR count). The van der Waals surface area contributed by atoms with Crippen molar-refractivity contribution in [1.82, 2.24) is 15.3 Å². The van der Waals surface area contributed by atoms with Crippen molar-refractivity contribution in [3.8, 4) is 0 Å². The minimum absolute atomic E-state index is 0.0247. The van der Waals surface area contributed by atoms with E-state index in [4.69, 9.17) is 11.6 Å². The molecule has 0 bridgehead atoms. The highest BCUT2D eigenvalue weighted by atomic mass is 35.5. The van der Waals surface area contributed by atoms with Crippen molar-refractivity contribution in [2.75, 3.05) is 18.4 Å². The van der Waals surface area contributed by atoms with Gasteiger partial charge in [-0.15, -0.1) is 0 Å². The fraction of sp³-hybridized carbons (Fsp3) is 0.385. The van der Waals surface area contributed by atoms with Gasteiger partial charge in [-0.3, -0.25) is 10.1 Å². The largest absolute Gasteiger partial charge is 0.324 e. The lowest BCUT2D eigenvalue weighted by atomic mass is 9.97. The average molecular weight is 279 g/mol. The normalized spacial score (nSPS) is 16.7. The molecule has 0 spiro atoms. The van der Waals surface area contributed by atoms with Crippen LogP contribution in [0.1, 0.15) is 12.8 Å². The number of para-hydroxylation sites is 1. The number of imidazole rings is 1. The number of halogens is 1. The Bertz CT molecular complexity index is 604. The Morgan fingerprint density at radius 2 is 2.16 bits per heavy atom. The molecule has 1 saturated heterocycles. The molecule has 1 aliphatic heterocycles. The minimum atomic E-state index is 0.0247. The quantitative estimate of drug-likeness (QED) is 0.788. The standard InChI is InChI=1S/C13H15ClN4O/c14-9-2-1-3-10-11(9)17-13(16-10)18-12(19)8-4-6-15-7-5-8/h1-3,8,15H,4-7H2,(H2,16,17,18,19). The van der Waals surface area contributed by atoms with Gasteiger partial charge in [-0.05, 0) is 38.1 Å². The highest BCUT2D eigenvalue weighted by Crippen LogP contribution is 2.23.